The molecule has 9 heteroatoms. The van der Waals surface area contributed by atoms with Crippen LogP contribution in [0.4, 0.5) is 5.69 Å². The van der Waals surface area contributed by atoms with Crippen molar-refractivity contribution < 1.29 is 24.2 Å². The van der Waals surface area contributed by atoms with Gasteiger partial charge in [0.1, 0.15) is 17.4 Å². The first-order chi connectivity index (χ1) is 13.8. The standard InChI is InChI=1S/C20H16BrClN2O5/c1-2-28-18(26)11-29-19-16(21)8-12(9-17(19)22)7-13(10-23)20(27)24-14-3-5-15(25)6-4-14/h3-9,25H,2,11H2,1H3,(H,24,27)/b13-7-. The highest BCUT2D eigenvalue weighted by molar-refractivity contribution is 9.10. The molecule has 0 aliphatic rings. The van der Waals surface area contributed by atoms with Crippen LogP contribution in [-0.4, -0.2) is 30.2 Å². The van der Waals surface area contributed by atoms with Gasteiger partial charge < -0.3 is 19.9 Å². The van der Waals surface area contributed by atoms with Gasteiger partial charge in [-0.05, 0) is 70.9 Å². The van der Waals surface area contributed by atoms with Crippen LogP contribution < -0.4 is 10.1 Å². The summed E-state index contributed by atoms with van der Waals surface area (Å²) in [4.78, 5) is 23.7. The van der Waals surface area contributed by atoms with Crippen molar-refractivity contribution in [3.8, 4) is 17.6 Å². The lowest BCUT2D eigenvalue weighted by Gasteiger charge is -2.11. The number of nitrogens with zero attached hydrogens (tertiary/aromatic N) is 1. The van der Waals surface area contributed by atoms with E-state index in [1.807, 2.05) is 6.07 Å². The molecule has 1 amide bonds. The Morgan fingerprint density at radius 3 is 2.59 bits per heavy atom. The Hall–Kier alpha value is -3.02. The van der Waals surface area contributed by atoms with Crippen molar-refractivity contribution >= 4 is 51.2 Å². The van der Waals surface area contributed by atoms with Gasteiger partial charge in [0.25, 0.3) is 5.91 Å². The van der Waals surface area contributed by atoms with Crippen molar-refractivity contribution in [3.05, 3.63) is 57.0 Å². The fourth-order valence-electron chi connectivity index (χ4n) is 2.19. The summed E-state index contributed by atoms with van der Waals surface area (Å²) in [5.74, 6) is -0.849. The SMILES string of the molecule is CCOC(=O)COc1c(Cl)cc(/C=C(/C#N)C(=O)Nc2ccc(O)cc2)cc1Br. The van der Waals surface area contributed by atoms with E-state index < -0.39 is 11.9 Å². The number of halogens is 2. The third-order valence-electron chi connectivity index (χ3n) is 3.46. The minimum absolute atomic E-state index is 0.0591. The highest BCUT2D eigenvalue weighted by Gasteiger charge is 2.14. The van der Waals surface area contributed by atoms with Gasteiger partial charge in [0.2, 0.25) is 0 Å². The second-order valence-electron chi connectivity index (χ2n) is 5.58. The minimum atomic E-state index is -0.618. The van der Waals surface area contributed by atoms with Gasteiger partial charge in [0, 0.05) is 5.69 Å². The zero-order valence-electron chi connectivity index (χ0n) is 15.2. The maximum Gasteiger partial charge on any atom is 0.344 e. The molecular formula is C20H16BrClN2O5. The molecule has 0 aliphatic carbocycles. The Morgan fingerprint density at radius 1 is 1.31 bits per heavy atom. The molecule has 0 unspecified atom stereocenters. The van der Waals surface area contributed by atoms with Gasteiger partial charge in [-0.3, -0.25) is 4.79 Å². The molecule has 0 aromatic heterocycles. The van der Waals surface area contributed by atoms with Crippen molar-refractivity contribution in [3.63, 3.8) is 0 Å². The summed E-state index contributed by atoms with van der Waals surface area (Å²) in [7, 11) is 0. The molecule has 7 nitrogen and oxygen atoms in total. The highest BCUT2D eigenvalue weighted by Crippen LogP contribution is 2.35. The molecule has 0 bridgehead atoms. The molecule has 0 saturated heterocycles. The van der Waals surface area contributed by atoms with Gasteiger partial charge in [-0.15, -0.1) is 0 Å². The number of carbonyl (C=O) groups excluding carboxylic acids is 2. The number of hydrogen-bond donors (Lipinski definition) is 2. The van der Waals surface area contributed by atoms with E-state index in [0.717, 1.165) is 0 Å². The third-order valence-corrected chi connectivity index (χ3v) is 4.33. The first-order valence-electron chi connectivity index (χ1n) is 8.33. The van der Waals surface area contributed by atoms with Crippen LogP contribution >= 0.6 is 27.5 Å². The first kappa shape index (κ1) is 22.3. The predicted molar refractivity (Wildman–Crippen MR) is 112 cm³/mol. The zero-order valence-corrected chi connectivity index (χ0v) is 17.6. The van der Waals surface area contributed by atoms with Crippen molar-refractivity contribution in [2.24, 2.45) is 0 Å². The molecule has 2 rings (SSSR count). The monoisotopic (exact) mass is 478 g/mol. The van der Waals surface area contributed by atoms with Crippen LogP contribution in [0, 0.1) is 11.3 Å². The van der Waals surface area contributed by atoms with Crippen LogP contribution in [0.25, 0.3) is 6.08 Å². The van der Waals surface area contributed by atoms with Gasteiger partial charge in [-0.25, -0.2) is 4.79 Å². The molecule has 2 N–H and O–H groups in total. The molecule has 29 heavy (non-hydrogen) atoms. The van der Waals surface area contributed by atoms with Gasteiger partial charge in [0.15, 0.2) is 12.4 Å². The number of amides is 1. The molecule has 0 aliphatic heterocycles. The van der Waals surface area contributed by atoms with E-state index in [9.17, 15) is 20.0 Å². The van der Waals surface area contributed by atoms with Crippen LogP contribution in [0.3, 0.4) is 0 Å². The molecule has 0 radical (unpaired) electrons. The molecule has 0 spiro atoms. The largest absolute Gasteiger partial charge is 0.508 e. The van der Waals surface area contributed by atoms with E-state index in [1.54, 1.807) is 13.0 Å². The van der Waals surface area contributed by atoms with Gasteiger partial charge in [-0.1, -0.05) is 11.6 Å². The molecule has 2 aromatic rings. The van der Waals surface area contributed by atoms with Crippen LogP contribution in [0.1, 0.15) is 12.5 Å². The summed E-state index contributed by atoms with van der Waals surface area (Å²) in [5, 5.41) is 21.4. The van der Waals surface area contributed by atoms with Gasteiger partial charge >= 0.3 is 5.97 Å². The average Bonchev–Trinajstić information content (AvgIpc) is 2.67. The number of rotatable bonds is 7. The lowest BCUT2D eigenvalue weighted by atomic mass is 10.1. The van der Waals surface area contributed by atoms with E-state index in [-0.39, 0.29) is 35.3 Å². The fourth-order valence-corrected chi connectivity index (χ4v) is 3.18. The average molecular weight is 480 g/mol. The summed E-state index contributed by atoms with van der Waals surface area (Å²) in [6.45, 7) is 1.62. The topological polar surface area (TPSA) is 109 Å². The zero-order chi connectivity index (χ0) is 21.4. The number of phenolic OH excluding ortho intramolecular Hbond substituents is 1. The van der Waals surface area contributed by atoms with E-state index in [2.05, 4.69) is 21.2 Å². The van der Waals surface area contributed by atoms with Crippen molar-refractivity contribution in [1.82, 2.24) is 0 Å². The Labute approximate surface area is 180 Å². The van der Waals surface area contributed by atoms with Crippen LogP contribution in [0.2, 0.25) is 5.02 Å². The summed E-state index contributed by atoms with van der Waals surface area (Å²) in [6, 6.07) is 10.8. The molecule has 2 aromatic carbocycles. The maximum absolute atomic E-state index is 12.3. The maximum atomic E-state index is 12.3. The number of nitriles is 1. The molecule has 150 valence electrons. The Bertz CT molecular complexity index is 960. The smallest absolute Gasteiger partial charge is 0.344 e. The molecule has 0 atom stereocenters. The summed E-state index contributed by atoms with van der Waals surface area (Å²) in [6.07, 6.45) is 1.36. The summed E-state index contributed by atoms with van der Waals surface area (Å²) in [5.41, 5.74) is 0.750. The van der Waals surface area contributed by atoms with Crippen molar-refractivity contribution in [2.75, 3.05) is 18.5 Å². The number of ether oxygens (including phenoxy) is 2. The quantitative estimate of drug-likeness (QED) is 0.265. The van der Waals surface area contributed by atoms with E-state index in [1.165, 1.54) is 36.4 Å². The van der Waals surface area contributed by atoms with E-state index in [0.29, 0.717) is 15.7 Å². The fraction of sp³-hybridized carbons (Fsp3) is 0.150. The Balaban J connectivity index is 2.18. The molecule has 0 fully saturated rings. The predicted octanol–water partition coefficient (Wildman–Crippen LogP) is 4.30. The lowest BCUT2D eigenvalue weighted by Crippen LogP contribution is -2.15. The lowest BCUT2D eigenvalue weighted by molar-refractivity contribution is -0.145. The van der Waals surface area contributed by atoms with Crippen molar-refractivity contribution in [2.45, 2.75) is 6.92 Å². The Morgan fingerprint density at radius 2 is 2.00 bits per heavy atom. The number of nitrogens with one attached hydrogen (secondary N) is 1. The highest BCUT2D eigenvalue weighted by atomic mass is 79.9. The second-order valence-corrected chi connectivity index (χ2v) is 6.84. The number of aromatic hydroxyl groups is 1. The van der Waals surface area contributed by atoms with Crippen molar-refractivity contribution in [1.29, 1.82) is 5.26 Å². The number of phenols is 1. The summed E-state index contributed by atoms with van der Waals surface area (Å²) >= 11 is 9.50. The number of hydrogen-bond acceptors (Lipinski definition) is 6. The van der Waals surface area contributed by atoms with Gasteiger partial charge in [0.05, 0.1) is 16.1 Å². The molecule has 0 saturated carbocycles. The summed E-state index contributed by atoms with van der Waals surface area (Å²) < 4.78 is 10.6. The van der Waals surface area contributed by atoms with Crippen LogP contribution in [-0.2, 0) is 14.3 Å². The molecule has 0 heterocycles. The van der Waals surface area contributed by atoms with E-state index in [4.69, 9.17) is 21.1 Å². The normalized spacial score (nSPS) is 10.8. The third kappa shape index (κ3) is 6.52. The Kier molecular flexibility index (Phi) is 8.07. The number of anilines is 1. The number of esters is 1. The second kappa shape index (κ2) is 10.5. The van der Waals surface area contributed by atoms with E-state index >= 15 is 0 Å². The van der Waals surface area contributed by atoms with Gasteiger partial charge in [-0.2, -0.15) is 5.26 Å². The van der Waals surface area contributed by atoms with Crippen LogP contribution in [0.5, 0.6) is 11.5 Å². The minimum Gasteiger partial charge on any atom is -0.508 e. The molecular weight excluding hydrogens is 464 g/mol. The van der Waals surface area contributed by atoms with Crippen LogP contribution in [0.15, 0.2) is 46.4 Å². The number of carbonyl (C=O) groups is 2. The first-order valence-corrected chi connectivity index (χ1v) is 9.50. The number of benzene rings is 2.